The molecule has 2 amide bonds. The fourth-order valence-electron chi connectivity index (χ4n) is 4.74. The Balaban J connectivity index is 1.62. The summed E-state index contributed by atoms with van der Waals surface area (Å²) in [6.07, 6.45) is -0.250. The van der Waals surface area contributed by atoms with E-state index in [1.54, 1.807) is 18.2 Å². The lowest BCUT2D eigenvalue weighted by atomic mass is 9.86. The van der Waals surface area contributed by atoms with Crippen molar-refractivity contribution < 1.29 is 23.8 Å². The molecule has 0 bridgehead atoms. The number of carboxylic acids is 1. The van der Waals surface area contributed by atoms with Gasteiger partial charge in [-0.25, -0.2) is 14.0 Å². The summed E-state index contributed by atoms with van der Waals surface area (Å²) in [6.45, 7) is 3.90. The van der Waals surface area contributed by atoms with Crippen molar-refractivity contribution in [1.29, 1.82) is 0 Å². The number of amides is 2. The van der Waals surface area contributed by atoms with Gasteiger partial charge in [-0.05, 0) is 73.0 Å². The minimum Gasteiger partial charge on any atom is -0.487 e. The third-order valence-corrected chi connectivity index (χ3v) is 6.47. The minimum atomic E-state index is -1.17. The van der Waals surface area contributed by atoms with Crippen molar-refractivity contribution in [3.63, 3.8) is 0 Å². The number of carboxylic acid groups (broad SMARTS) is 1. The quantitative estimate of drug-likeness (QED) is 0.276. The van der Waals surface area contributed by atoms with Gasteiger partial charge in [0.15, 0.2) is 0 Å². The number of hydrogen-bond donors (Lipinski definition) is 3. The maximum absolute atomic E-state index is 14.3. The lowest BCUT2D eigenvalue weighted by Gasteiger charge is -2.16. The SMILES string of the molecule is Cc1ccc(NC(=O)Nc2cc(-c3cc(F)ccc3C(=O)O)cc3c2OC(C)C3c2ccccc2)cc1. The fourth-order valence-corrected chi connectivity index (χ4v) is 4.74. The summed E-state index contributed by atoms with van der Waals surface area (Å²) in [5, 5.41) is 15.4. The maximum atomic E-state index is 14.3. The minimum absolute atomic E-state index is 0.0420. The van der Waals surface area contributed by atoms with Crippen molar-refractivity contribution in [2.24, 2.45) is 0 Å². The second kappa shape index (κ2) is 9.78. The van der Waals surface area contributed by atoms with Crippen LogP contribution >= 0.6 is 0 Å². The van der Waals surface area contributed by atoms with Crippen LogP contribution in [0.25, 0.3) is 11.1 Å². The molecule has 3 N–H and O–H groups in total. The van der Waals surface area contributed by atoms with E-state index in [4.69, 9.17) is 4.74 Å². The van der Waals surface area contributed by atoms with Crippen LogP contribution in [0.5, 0.6) is 5.75 Å². The molecule has 0 saturated carbocycles. The van der Waals surface area contributed by atoms with Crippen molar-refractivity contribution in [1.82, 2.24) is 0 Å². The highest BCUT2D eigenvalue weighted by Crippen LogP contribution is 2.48. The Hall–Kier alpha value is -4.65. The average molecular weight is 497 g/mol. The largest absolute Gasteiger partial charge is 0.487 e. The first-order valence-corrected chi connectivity index (χ1v) is 11.9. The molecule has 6 nitrogen and oxygen atoms in total. The van der Waals surface area contributed by atoms with Crippen LogP contribution in [0.2, 0.25) is 0 Å². The van der Waals surface area contributed by atoms with Gasteiger partial charge in [0.2, 0.25) is 0 Å². The number of aromatic carboxylic acids is 1. The summed E-state index contributed by atoms with van der Waals surface area (Å²) in [6, 6.07) is 23.7. The van der Waals surface area contributed by atoms with Crippen LogP contribution in [0, 0.1) is 12.7 Å². The Morgan fingerprint density at radius 1 is 0.919 bits per heavy atom. The van der Waals surface area contributed by atoms with E-state index < -0.39 is 17.8 Å². The molecule has 5 rings (SSSR count). The molecule has 0 radical (unpaired) electrons. The molecule has 2 atom stereocenters. The Kier molecular flexibility index (Phi) is 6.36. The number of aryl methyl sites for hydroxylation is 1. The Morgan fingerprint density at radius 3 is 2.35 bits per heavy atom. The Bertz CT molecular complexity index is 1490. The summed E-state index contributed by atoms with van der Waals surface area (Å²) in [7, 11) is 0. The number of fused-ring (bicyclic) bond motifs is 1. The zero-order valence-electron chi connectivity index (χ0n) is 20.3. The van der Waals surface area contributed by atoms with Gasteiger partial charge in [0.25, 0.3) is 0 Å². The van der Waals surface area contributed by atoms with Crippen LogP contribution < -0.4 is 15.4 Å². The number of urea groups is 1. The van der Waals surface area contributed by atoms with Crippen LogP contribution in [-0.2, 0) is 0 Å². The molecular formula is C30H25FN2O4. The van der Waals surface area contributed by atoms with Gasteiger partial charge in [-0.2, -0.15) is 0 Å². The van der Waals surface area contributed by atoms with Gasteiger partial charge in [0, 0.05) is 17.2 Å². The van der Waals surface area contributed by atoms with Crippen LogP contribution in [0.3, 0.4) is 0 Å². The first kappa shape index (κ1) is 24.1. The highest BCUT2D eigenvalue weighted by atomic mass is 19.1. The van der Waals surface area contributed by atoms with Gasteiger partial charge in [-0.3, -0.25) is 0 Å². The molecule has 37 heavy (non-hydrogen) atoms. The Labute approximate surface area is 213 Å². The van der Waals surface area contributed by atoms with Crippen molar-refractivity contribution in [2.75, 3.05) is 10.6 Å². The molecular weight excluding hydrogens is 471 g/mol. The van der Waals surface area contributed by atoms with Crippen LogP contribution in [0.15, 0.2) is 84.9 Å². The summed E-state index contributed by atoms with van der Waals surface area (Å²) < 4.78 is 20.5. The van der Waals surface area contributed by atoms with Crippen molar-refractivity contribution in [2.45, 2.75) is 25.9 Å². The molecule has 0 spiro atoms. The van der Waals surface area contributed by atoms with Gasteiger partial charge in [0.1, 0.15) is 17.7 Å². The molecule has 0 fully saturated rings. The molecule has 0 saturated heterocycles. The standard InChI is InChI=1S/C30H25FN2O4/c1-17-8-11-22(12-9-17)32-30(36)33-26-15-20(24-16-21(31)10-13-23(24)29(34)35)14-25-27(18(2)37-28(25)26)19-6-4-3-5-7-19/h3-16,18,27H,1-2H3,(H,34,35)(H2,32,33,36). The lowest BCUT2D eigenvalue weighted by Crippen LogP contribution is -2.20. The zero-order chi connectivity index (χ0) is 26.1. The summed E-state index contributed by atoms with van der Waals surface area (Å²) in [5.74, 6) is -1.40. The van der Waals surface area contributed by atoms with E-state index in [1.165, 1.54) is 12.1 Å². The van der Waals surface area contributed by atoms with E-state index in [0.717, 1.165) is 22.8 Å². The van der Waals surface area contributed by atoms with Gasteiger partial charge < -0.3 is 20.5 Å². The molecule has 186 valence electrons. The van der Waals surface area contributed by atoms with E-state index in [0.29, 0.717) is 22.7 Å². The number of carbonyl (C=O) groups excluding carboxylic acids is 1. The third kappa shape index (κ3) is 4.89. The predicted molar refractivity (Wildman–Crippen MR) is 141 cm³/mol. The van der Waals surface area contributed by atoms with E-state index >= 15 is 0 Å². The fraction of sp³-hybridized carbons (Fsp3) is 0.133. The van der Waals surface area contributed by atoms with Gasteiger partial charge in [0.05, 0.1) is 11.3 Å². The van der Waals surface area contributed by atoms with Crippen molar-refractivity contribution >= 4 is 23.4 Å². The summed E-state index contributed by atoms with van der Waals surface area (Å²) in [5.41, 5.74) is 4.47. The van der Waals surface area contributed by atoms with Gasteiger partial charge >= 0.3 is 12.0 Å². The van der Waals surface area contributed by atoms with E-state index in [-0.39, 0.29) is 23.1 Å². The second-order valence-electron chi connectivity index (χ2n) is 9.09. The number of halogens is 1. The zero-order valence-corrected chi connectivity index (χ0v) is 20.3. The van der Waals surface area contributed by atoms with Gasteiger partial charge in [-0.15, -0.1) is 0 Å². The smallest absolute Gasteiger partial charge is 0.336 e. The molecule has 4 aromatic rings. The number of carbonyl (C=O) groups is 2. The maximum Gasteiger partial charge on any atom is 0.336 e. The molecule has 1 aliphatic heterocycles. The molecule has 7 heteroatoms. The highest BCUT2D eigenvalue weighted by Gasteiger charge is 2.35. The first-order chi connectivity index (χ1) is 17.8. The normalized spacial score (nSPS) is 16.0. The lowest BCUT2D eigenvalue weighted by molar-refractivity contribution is 0.0697. The Morgan fingerprint density at radius 2 is 1.65 bits per heavy atom. The van der Waals surface area contributed by atoms with Crippen molar-refractivity contribution in [3.8, 4) is 16.9 Å². The number of anilines is 2. The predicted octanol–water partition coefficient (Wildman–Crippen LogP) is 7.06. The van der Waals surface area contributed by atoms with E-state index in [9.17, 15) is 19.1 Å². The topological polar surface area (TPSA) is 87.7 Å². The van der Waals surface area contributed by atoms with Crippen LogP contribution in [-0.4, -0.2) is 23.2 Å². The van der Waals surface area contributed by atoms with Gasteiger partial charge in [-0.1, -0.05) is 48.0 Å². The highest BCUT2D eigenvalue weighted by molar-refractivity contribution is 6.02. The number of rotatable bonds is 5. The molecule has 2 unspecified atom stereocenters. The third-order valence-electron chi connectivity index (χ3n) is 6.47. The van der Waals surface area contributed by atoms with Crippen LogP contribution in [0.4, 0.5) is 20.6 Å². The number of hydrogen-bond acceptors (Lipinski definition) is 3. The number of benzene rings is 4. The van der Waals surface area contributed by atoms with E-state index in [2.05, 4.69) is 10.6 Å². The van der Waals surface area contributed by atoms with Crippen molar-refractivity contribution in [3.05, 3.63) is 113 Å². The van der Waals surface area contributed by atoms with E-state index in [1.807, 2.05) is 62.4 Å². The molecule has 0 aromatic heterocycles. The second-order valence-corrected chi connectivity index (χ2v) is 9.09. The number of nitrogens with one attached hydrogen (secondary N) is 2. The molecule has 0 aliphatic carbocycles. The average Bonchev–Trinajstić information content (AvgIpc) is 3.21. The molecule has 4 aromatic carbocycles. The summed E-state index contributed by atoms with van der Waals surface area (Å²) >= 11 is 0. The first-order valence-electron chi connectivity index (χ1n) is 11.9. The monoisotopic (exact) mass is 496 g/mol. The van der Waals surface area contributed by atoms with Crippen LogP contribution in [0.1, 0.15) is 39.9 Å². The molecule has 1 aliphatic rings. The molecule has 1 heterocycles. The number of ether oxygens (including phenoxy) is 1. The summed E-state index contributed by atoms with van der Waals surface area (Å²) in [4.78, 5) is 24.9.